The van der Waals surface area contributed by atoms with Crippen LogP contribution in [0.4, 0.5) is 0 Å². The van der Waals surface area contributed by atoms with E-state index in [9.17, 15) is 0 Å². The van der Waals surface area contributed by atoms with Gasteiger partial charge in [0, 0.05) is 0 Å². The van der Waals surface area contributed by atoms with Crippen molar-refractivity contribution in [2.24, 2.45) is 0 Å². The Balaban J connectivity index is 7.48. The van der Waals surface area contributed by atoms with Crippen molar-refractivity contribution in [1.82, 2.24) is 0 Å². The molecule has 0 fully saturated rings. The molecule has 0 aromatic carbocycles. The summed E-state index contributed by atoms with van der Waals surface area (Å²) in [4.78, 5) is 0. The van der Waals surface area contributed by atoms with Gasteiger partial charge < -0.3 is 0 Å². The van der Waals surface area contributed by atoms with Crippen LogP contribution >= 0.6 is 0 Å². The number of hydrogen-bond acceptors (Lipinski definition) is 0. The SMILES string of the molecule is CC(C)(C)[Si]([Si]([Si+][Si](C)(C(C)(C)C)C(C)(C)C)[Si](C)(C(C)(C)C)C(C)(C)C)C(C)(C)C. The van der Waals surface area contributed by atoms with Crippen molar-refractivity contribution < 1.29 is 0 Å². The van der Waals surface area contributed by atoms with Gasteiger partial charge in [-0.2, -0.15) is 0 Å². The van der Waals surface area contributed by atoms with Crippen molar-refractivity contribution in [2.45, 2.75) is 168 Å². The first kappa shape index (κ1) is 32.1. The van der Waals surface area contributed by atoms with E-state index < -0.39 is 30.8 Å². The zero-order valence-corrected chi connectivity index (χ0v) is 30.5. The van der Waals surface area contributed by atoms with Gasteiger partial charge in [-0.05, 0) is 36.8 Å². The average Bonchev–Trinajstić information content (AvgIpc) is 2.37. The van der Waals surface area contributed by atoms with E-state index in [1.165, 1.54) is 8.55 Å². The molecule has 0 nitrogen and oxygen atoms in total. The summed E-state index contributed by atoms with van der Waals surface area (Å²) in [5, 5.41) is 2.63. The quantitative estimate of drug-likeness (QED) is 0.329. The van der Waals surface area contributed by atoms with Crippen LogP contribution in [0.25, 0.3) is 0 Å². The molecule has 31 heavy (non-hydrogen) atoms. The minimum atomic E-state index is -1.64. The highest BCUT2D eigenvalue weighted by atomic mass is 30.0. The molecule has 0 heterocycles. The lowest BCUT2D eigenvalue weighted by molar-refractivity contribution is 0.631. The molecule has 0 amide bonds. The second-order valence-electron chi connectivity index (χ2n) is 16.6. The number of rotatable bonds is 4. The highest BCUT2D eigenvalue weighted by Gasteiger charge is 2.73. The van der Waals surface area contributed by atoms with Gasteiger partial charge >= 0.3 is 8.55 Å². The van der Waals surface area contributed by atoms with Crippen LogP contribution in [0.5, 0.6) is 0 Å². The summed E-state index contributed by atoms with van der Waals surface area (Å²) >= 11 is 0. The van der Waals surface area contributed by atoms with Crippen LogP contribution < -0.4 is 0 Å². The van der Waals surface area contributed by atoms with E-state index in [0.717, 1.165) is 0 Å². The third-order valence-corrected chi connectivity index (χ3v) is 73.1. The van der Waals surface area contributed by atoms with Gasteiger partial charge in [0.2, 0.25) is 7.35 Å². The molecule has 0 aliphatic heterocycles. The Morgan fingerprint density at radius 1 is 0.452 bits per heavy atom. The smallest absolute Gasteiger partial charge is 0.0682 e. The molecule has 0 aliphatic carbocycles. The van der Waals surface area contributed by atoms with E-state index in [0.29, 0.717) is 30.2 Å². The molecule has 0 aromatic heterocycles. The third-order valence-electron chi connectivity index (χ3n) is 8.62. The molecule has 0 saturated carbocycles. The lowest BCUT2D eigenvalue weighted by atomic mass is 10.2. The monoisotopic (exact) mass is 512 g/mol. The highest BCUT2D eigenvalue weighted by Crippen LogP contribution is 2.58. The van der Waals surface area contributed by atoms with E-state index in [-0.39, 0.29) is 0 Å². The molecule has 0 atom stereocenters. The van der Waals surface area contributed by atoms with Gasteiger partial charge in [0.25, 0.3) is 7.59 Å². The normalized spacial score (nSPS) is 16.3. The van der Waals surface area contributed by atoms with E-state index in [2.05, 4.69) is 138 Å². The third kappa shape index (κ3) is 6.40. The van der Waals surface area contributed by atoms with Crippen molar-refractivity contribution in [2.75, 3.05) is 0 Å². The van der Waals surface area contributed by atoms with Crippen LogP contribution in [0.15, 0.2) is 0 Å². The summed E-state index contributed by atoms with van der Waals surface area (Å²) in [6, 6.07) is 0. The van der Waals surface area contributed by atoms with Gasteiger partial charge in [-0.15, -0.1) is 0 Å². The molecule has 0 aliphatic rings. The fourth-order valence-corrected chi connectivity index (χ4v) is 103. The van der Waals surface area contributed by atoms with E-state index in [1.807, 2.05) is 0 Å². The van der Waals surface area contributed by atoms with Crippen LogP contribution in [0.3, 0.4) is 0 Å². The van der Waals surface area contributed by atoms with Crippen molar-refractivity contribution in [3.05, 3.63) is 0 Å². The second-order valence-corrected chi connectivity index (χ2v) is 51.4. The summed E-state index contributed by atoms with van der Waals surface area (Å²) < 4.78 is 0. The first-order chi connectivity index (χ1) is 13.0. The summed E-state index contributed by atoms with van der Waals surface area (Å²) in [6.07, 6.45) is 0. The van der Waals surface area contributed by atoms with Crippen LogP contribution in [0.1, 0.15) is 125 Å². The maximum atomic E-state index is 2.87. The maximum absolute atomic E-state index is 2.87. The Morgan fingerprint density at radius 2 is 0.710 bits per heavy atom. The molecule has 183 valence electrons. The largest absolute Gasteiger partial charge is 0.351 e. The molecule has 0 unspecified atom stereocenters. The van der Waals surface area contributed by atoms with Crippen LogP contribution in [-0.4, -0.2) is 39.4 Å². The predicted molar refractivity (Wildman–Crippen MR) is 159 cm³/mol. The molecule has 0 spiro atoms. The Morgan fingerprint density at radius 3 is 0.871 bits per heavy atom. The van der Waals surface area contributed by atoms with Crippen molar-refractivity contribution in [3.8, 4) is 0 Å². The van der Waals surface area contributed by atoms with Crippen LogP contribution in [-0.2, 0) is 0 Å². The topological polar surface area (TPSA) is 0 Å². The Hall–Kier alpha value is 1.08. The van der Waals surface area contributed by atoms with Crippen LogP contribution in [0, 0.1) is 0 Å². The fourth-order valence-electron chi connectivity index (χ4n) is 5.94. The summed E-state index contributed by atoms with van der Waals surface area (Å²) in [5.74, 6) is 0. The lowest BCUT2D eigenvalue weighted by Gasteiger charge is -2.56. The minimum absolute atomic E-state index is 0.435. The average molecular weight is 513 g/mol. The zero-order valence-electron chi connectivity index (χ0n) is 25.5. The van der Waals surface area contributed by atoms with E-state index >= 15 is 0 Å². The Kier molecular flexibility index (Phi) is 9.26. The first-order valence-corrected chi connectivity index (χ1v) is 25.5. The summed E-state index contributed by atoms with van der Waals surface area (Å²) in [7, 11) is -3.08. The summed E-state index contributed by atoms with van der Waals surface area (Å²) in [6.45, 7) is 52.6. The summed E-state index contributed by atoms with van der Waals surface area (Å²) in [5.41, 5.74) is 0. The van der Waals surface area contributed by atoms with Crippen molar-refractivity contribution in [1.29, 1.82) is 0 Å². The maximum Gasteiger partial charge on any atom is 0.351 e. The number of hydrogen-bond donors (Lipinski definition) is 0. The predicted octanol–water partition coefficient (Wildman–Crippen LogP) is 9.79. The fraction of sp³-hybridized carbons (Fsp3) is 1.00. The van der Waals surface area contributed by atoms with Gasteiger partial charge in [0.05, 0.1) is 15.9 Å². The van der Waals surface area contributed by atoms with Gasteiger partial charge in [0.15, 0.2) is 0 Å². The molecular formula is C26H60Si5+. The zero-order chi connectivity index (χ0) is 25.9. The highest BCUT2D eigenvalue weighted by molar-refractivity contribution is 7.82. The van der Waals surface area contributed by atoms with E-state index in [4.69, 9.17) is 0 Å². The second kappa shape index (κ2) is 8.94. The van der Waals surface area contributed by atoms with Crippen molar-refractivity contribution >= 4 is 39.4 Å². The van der Waals surface area contributed by atoms with Gasteiger partial charge in [-0.25, -0.2) is 0 Å². The van der Waals surface area contributed by atoms with Crippen LogP contribution in [0.2, 0.25) is 43.3 Å². The van der Waals surface area contributed by atoms with Gasteiger partial charge in [-0.3, -0.25) is 0 Å². The molecule has 0 aromatic rings. The van der Waals surface area contributed by atoms with Gasteiger partial charge in [0.1, 0.15) is 0 Å². The molecule has 0 saturated heterocycles. The van der Waals surface area contributed by atoms with Crippen molar-refractivity contribution in [3.63, 3.8) is 0 Å². The lowest BCUT2D eigenvalue weighted by Crippen LogP contribution is -2.77. The van der Waals surface area contributed by atoms with Gasteiger partial charge in [-0.1, -0.05) is 131 Å². The standard InChI is InChI=1S/C26H60Si5/c1-21(2,3)28(22(4,5)6)29(31(20,25(13,14)15)26(16,17)18)27-30(19,23(7,8)9)24(10,11)12/h1-20H3/q+1. The molecule has 0 bridgehead atoms. The minimum Gasteiger partial charge on any atom is -0.0682 e. The molecule has 0 N–H and O–H groups in total. The van der Waals surface area contributed by atoms with E-state index in [1.54, 1.807) is 0 Å². The molecular weight excluding hydrogens is 453 g/mol. The molecule has 0 rings (SSSR count). The Bertz CT molecular complexity index is 553. The Labute approximate surface area is 206 Å². The molecule has 5 heteroatoms. The first-order valence-electron chi connectivity index (χ1n) is 12.5. The molecule has 3 radical (unpaired) electrons.